The van der Waals surface area contributed by atoms with Gasteiger partial charge in [-0.15, -0.1) is 0 Å². The van der Waals surface area contributed by atoms with Gasteiger partial charge in [0.05, 0.1) is 15.6 Å². The fraction of sp³-hybridized carbons (Fsp3) is 0.278. The first-order chi connectivity index (χ1) is 21.6. The molecule has 2 amide bonds. The number of aryl methyl sites for hydroxylation is 2. The Hall–Kier alpha value is -4.14. The third-order valence-electron chi connectivity index (χ3n) is 7.58. The molecule has 4 aromatic rings. The molecule has 0 aromatic heterocycles. The summed E-state index contributed by atoms with van der Waals surface area (Å²) in [6, 6.07) is 29.3. The number of anilines is 1. The number of carbonyl (C=O) groups is 2. The number of nitrogens with zero attached hydrogens (tertiary/aromatic N) is 2. The molecule has 9 heteroatoms. The summed E-state index contributed by atoms with van der Waals surface area (Å²) in [6.45, 7) is 5.91. The van der Waals surface area contributed by atoms with E-state index in [0.29, 0.717) is 6.54 Å². The summed E-state index contributed by atoms with van der Waals surface area (Å²) in [4.78, 5) is 29.8. The van der Waals surface area contributed by atoms with Crippen LogP contribution in [0.1, 0.15) is 42.0 Å². The topological polar surface area (TPSA) is 86.8 Å². The number of rotatable bonds is 14. The SMILES string of the molecule is CCCCNC(=O)[C@H](Cc1ccccc1)N(Cc1ccc(C)cc1)C(=O)CN(c1ccccc1Cl)S(=O)(=O)c1ccc(C)cc1. The van der Waals surface area contributed by atoms with Gasteiger partial charge in [0, 0.05) is 19.5 Å². The molecule has 1 atom stereocenters. The average molecular weight is 646 g/mol. The molecule has 0 unspecified atom stereocenters. The standard InChI is InChI=1S/C36H40ClN3O4S/c1-4-5-23-38-36(42)34(24-29-11-7-6-8-12-29)39(25-30-19-15-27(2)16-20-30)35(41)26-40(33-14-10-9-13-32(33)37)45(43,44)31-21-17-28(3)18-22-31/h6-22,34H,4-5,23-26H2,1-3H3,(H,38,42)/t34-/m0/s1. The largest absolute Gasteiger partial charge is 0.354 e. The minimum atomic E-state index is -4.22. The van der Waals surface area contributed by atoms with Crippen molar-refractivity contribution < 1.29 is 18.0 Å². The first-order valence-corrected chi connectivity index (χ1v) is 16.9. The molecule has 0 saturated carbocycles. The van der Waals surface area contributed by atoms with E-state index in [-0.39, 0.29) is 34.5 Å². The highest BCUT2D eigenvalue weighted by Gasteiger charge is 2.35. The summed E-state index contributed by atoms with van der Waals surface area (Å²) in [5, 5.41) is 3.19. The van der Waals surface area contributed by atoms with Crippen molar-refractivity contribution in [2.75, 3.05) is 17.4 Å². The van der Waals surface area contributed by atoms with Crippen molar-refractivity contribution in [3.63, 3.8) is 0 Å². The molecule has 0 saturated heterocycles. The number of benzene rings is 4. The second kappa shape index (κ2) is 15.7. The smallest absolute Gasteiger partial charge is 0.264 e. The van der Waals surface area contributed by atoms with Gasteiger partial charge in [-0.3, -0.25) is 13.9 Å². The monoisotopic (exact) mass is 645 g/mol. The highest BCUT2D eigenvalue weighted by molar-refractivity contribution is 7.92. The van der Waals surface area contributed by atoms with Crippen LogP contribution >= 0.6 is 11.6 Å². The molecule has 4 rings (SSSR count). The van der Waals surface area contributed by atoms with Crippen LogP contribution in [0.5, 0.6) is 0 Å². The Morgan fingerprint density at radius 2 is 1.40 bits per heavy atom. The Morgan fingerprint density at radius 1 is 0.800 bits per heavy atom. The molecule has 0 radical (unpaired) electrons. The number of halogens is 1. The van der Waals surface area contributed by atoms with Crippen molar-refractivity contribution in [3.05, 3.63) is 130 Å². The molecule has 7 nitrogen and oxygen atoms in total. The number of unbranched alkanes of at least 4 members (excludes halogenated alkanes) is 1. The fourth-order valence-electron chi connectivity index (χ4n) is 4.96. The number of amides is 2. The number of carbonyl (C=O) groups excluding carboxylic acids is 2. The summed E-state index contributed by atoms with van der Waals surface area (Å²) in [5.74, 6) is -0.823. The van der Waals surface area contributed by atoms with Gasteiger partial charge in [-0.25, -0.2) is 8.42 Å². The number of hydrogen-bond donors (Lipinski definition) is 1. The Bertz CT molecular complexity index is 1680. The van der Waals surface area contributed by atoms with Crippen LogP contribution in [0.4, 0.5) is 5.69 Å². The second-order valence-corrected chi connectivity index (χ2v) is 13.4. The van der Waals surface area contributed by atoms with Crippen LogP contribution in [0.3, 0.4) is 0 Å². The maximum atomic E-state index is 14.5. The summed E-state index contributed by atoms with van der Waals surface area (Å²) in [7, 11) is -4.22. The second-order valence-electron chi connectivity index (χ2n) is 11.1. The molecule has 0 spiro atoms. The molecule has 1 N–H and O–H groups in total. The van der Waals surface area contributed by atoms with Gasteiger partial charge in [-0.05, 0) is 55.7 Å². The summed E-state index contributed by atoms with van der Waals surface area (Å²) in [6.07, 6.45) is 1.96. The van der Waals surface area contributed by atoms with Crippen molar-refractivity contribution in [3.8, 4) is 0 Å². The van der Waals surface area contributed by atoms with Gasteiger partial charge in [0.25, 0.3) is 10.0 Å². The average Bonchev–Trinajstić information content (AvgIpc) is 3.03. The van der Waals surface area contributed by atoms with Gasteiger partial charge < -0.3 is 10.2 Å². The molecule has 0 heterocycles. The lowest BCUT2D eigenvalue weighted by Crippen LogP contribution is -2.53. The van der Waals surface area contributed by atoms with Gasteiger partial charge in [-0.1, -0.05) is 115 Å². The minimum Gasteiger partial charge on any atom is -0.354 e. The van der Waals surface area contributed by atoms with Crippen molar-refractivity contribution in [2.45, 2.75) is 57.5 Å². The van der Waals surface area contributed by atoms with Gasteiger partial charge in [0.15, 0.2) is 0 Å². The van der Waals surface area contributed by atoms with Gasteiger partial charge in [-0.2, -0.15) is 0 Å². The number of hydrogen-bond acceptors (Lipinski definition) is 4. The van der Waals surface area contributed by atoms with E-state index in [9.17, 15) is 18.0 Å². The minimum absolute atomic E-state index is 0.0315. The van der Waals surface area contributed by atoms with Crippen molar-refractivity contribution in [2.24, 2.45) is 0 Å². The van der Waals surface area contributed by atoms with E-state index in [1.165, 1.54) is 17.0 Å². The van der Waals surface area contributed by atoms with E-state index < -0.39 is 28.5 Å². The molecule has 0 fully saturated rings. The van der Waals surface area contributed by atoms with Crippen LogP contribution in [-0.4, -0.2) is 44.3 Å². The van der Waals surface area contributed by atoms with E-state index >= 15 is 0 Å². The van der Waals surface area contributed by atoms with Gasteiger partial charge in [0.2, 0.25) is 11.8 Å². The zero-order valence-corrected chi connectivity index (χ0v) is 27.5. The van der Waals surface area contributed by atoms with Crippen LogP contribution in [0.2, 0.25) is 5.02 Å². The van der Waals surface area contributed by atoms with Crippen LogP contribution in [0.15, 0.2) is 108 Å². The van der Waals surface area contributed by atoms with Crippen LogP contribution < -0.4 is 9.62 Å². The normalized spacial score (nSPS) is 11.9. The lowest BCUT2D eigenvalue weighted by atomic mass is 10.0. The Labute approximate surface area is 271 Å². The maximum Gasteiger partial charge on any atom is 0.264 e. The molecular weight excluding hydrogens is 606 g/mol. The fourth-order valence-corrected chi connectivity index (χ4v) is 6.68. The zero-order valence-electron chi connectivity index (χ0n) is 25.9. The molecule has 0 bridgehead atoms. The summed E-state index contributed by atoms with van der Waals surface area (Å²) >= 11 is 6.54. The zero-order chi connectivity index (χ0) is 32.4. The van der Waals surface area contributed by atoms with Crippen LogP contribution in [0, 0.1) is 13.8 Å². The van der Waals surface area contributed by atoms with E-state index in [1.807, 2.05) is 75.4 Å². The summed E-state index contributed by atoms with van der Waals surface area (Å²) < 4.78 is 29.3. The molecule has 45 heavy (non-hydrogen) atoms. The third-order valence-corrected chi connectivity index (χ3v) is 9.68. The first-order valence-electron chi connectivity index (χ1n) is 15.1. The lowest BCUT2D eigenvalue weighted by molar-refractivity contribution is -0.140. The van der Waals surface area contributed by atoms with Crippen molar-refractivity contribution >= 4 is 39.1 Å². The summed E-state index contributed by atoms with van der Waals surface area (Å²) in [5.41, 5.74) is 3.83. The van der Waals surface area contributed by atoms with Crippen LogP contribution in [-0.2, 0) is 32.6 Å². The molecular formula is C36H40ClN3O4S. The first kappa shape index (κ1) is 33.7. The van der Waals surface area contributed by atoms with E-state index in [1.54, 1.807) is 36.4 Å². The number of para-hydroxylation sites is 1. The Balaban J connectivity index is 1.79. The number of sulfonamides is 1. The number of nitrogens with one attached hydrogen (secondary N) is 1. The quantitative estimate of drug-likeness (QED) is 0.155. The van der Waals surface area contributed by atoms with Gasteiger partial charge >= 0.3 is 0 Å². The Morgan fingerprint density at radius 3 is 2.02 bits per heavy atom. The van der Waals surface area contributed by atoms with Crippen LogP contribution in [0.25, 0.3) is 0 Å². The van der Waals surface area contributed by atoms with E-state index in [0.717, 1.165) is 39.4 Å². The van der Waals surface area contributed by atoms with E-state index in [2.05, 4.69) is 5.32 Å². The molecule has 0 aliphatic carbocycles. The van der Waals surface area contributed by atoms with Crippen molar-refractivity contribution in [1.82, 2.24) is 10.2 Å². The highest BCUT2D eigenvalue weighted by atomic mass is 35.5. The lowest BCUT2D eigenvalue weighted by Gasteiger charge is -2.34. The van der Waals surface area contributed by atoms with Crippen molar-refractivity contribution in [1.29, 1.82) is 0 Å². The Kier molecular flexibility index (Phi) is 11.8. The predicted octanol–water partition coefficient (Wildman–Crippen LogP) is 6.71. The molecule has 0 aliphatic rings. The molecule has 4 aromatic carbocycles. The maximum absolute atomic E-state index is 14.5. The van der Waals surface area contributed by atoms with E-state index in [4.69, 9.17) is 11.6 Å². The highest BCUT2D eigenvalue weighted by Crippen LogP contribution is 2.31. The molecule has 236 valence electrons. The molecule has 0 aliphatic heterocycles. The van der Waals surface area contributed by atoms with Gasteiger partial charge in [0.1, 0.15) is 12.6 Å². The predicted molar refractivity (Wildman–Crippen MR) is 181 cm³/mol. The third kappa shape index (κ3) is 8.96.